The first-order valence-corrected chi connectivity index (χ1v) is 7.23. The van der Waals surface area contributed by atoms with Gasteiger partial charge in [-0.25, -0.2) is 0 Å². The Morgan fingerprint density at radius 3 is 1.92 bits per heavy atom. The van der Waals surface area contributed by atoms with Gasteiger partial charge in [0, 0.05) is 37.8 Å². The number of hydrogen-bond donors (Lipinski definition) is 1. The standard InChI is InChI=1S/C15H21F3N2O3.ClH/c1-21-11-9-13(23-3)12(22-2)8-10(11)14(15(16,17)18)20-6-4-19-5-7-20;/h8-9,14,19H,4-7H2,1-3H3;1H/t14-;/m1./s1. The zero-order valence-electron chi connectivity index (χ0n) is 13.8. The van der Waals surface area contributed by atoms with Crippen LogP contribution in [0.25, 0.3) is 0 Å². The lowest BCUT2D eigenvalue weighted by atomic mass is 10.0. The van der Waals surface area contributed by atoms with Gasteiger partial charge in [-0.05, 0) is 6.07 Å². The second-order valence-corrected chi connectivity index (χ2v) is 5.18. The molecule has 1 aliphatic rings. The Balaban J connectivity index is 0.00000288. The number of hydrogen-bond acceptors (Lipinski definition) is 5. The molecule has 0 unspecified atom stereocenters. The van der Waals surface area contributed by atoms with Gasteiger partial charge < -0.3 is 19.5 Å². The van der Waals surface area contributed by atoms with Crippen LogP contribution in [0.2, 0.25) is 0 Å². The van der Waals surface area contributed by atoms with Gasteiger partial charge in [-0.1, -0.05) is 0 Å². The van der Waals surface area contributed by atoms with Crippen LogP contribution >= 0.6 is 12.4 Å². The fraction of sp³-hybridized carbons (Fsp3) is 0.600. The highest BCUT2D eigenvalue weighted by Crippen LogP contribution is 2.45. The number of ether oxygens (including phenoxy) is 3. The van der Waals surface area contributed by atoms with Crippen LogP contribution in [0, 0.1) is 0 Å². The molecule has 1 atom stereocenters. The molecule has 0 amide bonds. The van der Waals surface area contributed by atoms with E-state index in [0.717, 1.165) is 0 Å². The number of benzene rings is 1. The summed E-state index contributed by atoms with van der Waals surface area (Å²) in [6, 6.07) is 1.02. The maximum atomic E-state index is 13.7. The van der Waals surface area contributed by atoms with E-state index in [1.807, 2.05) is 0 Å². The molecule has 9 heteroatoms. The van der Waals surface area contributed by atoms with Crippen LogP contribution < -0.4 is 19.5 Å². The highest BCUT2D eigenvalue weighted by atomic mass is 35.5. The van der Waals surface area contributed by atoms with E-state index >= 15 is 0 Å². The Bertz CT molecular complexity index is 537. The maximum absolute atomic E-state index is 13.7. The van der Waals surface area contributed by atoms with Crippen LogP contribution in [0.1, 0.15) is 11.6 Å². The normalized spacial score (nSPS) is 16.9. The van der Waals surface area contributed by atoms with Crippen LogP contribution in [-0.2, 0) is 0 Å². The van der Waals surface area contributed by atoms with Gasteiger partial charge in [-0.2, -0.15) is 13.2 Å². The average molecular weight is 371 g/mol. The molecule has 1 saturated heterocycles. The molecular weight excluding hydrogens is 349 g/mol. The molecule has 1 fully saturated rings. The van der Waals surface area contributed by atoms with Crippen molar-refractivity contribution in [1.82, 2.24) is 10.2 Å². The topological polar surface area (TPSA) is 43.0 Å². The molecule has 1 N–H and O–H groups in total. The van der Waals surface area contributed by atoms with E-state index in [1.54, 1.807) is 0 Å². The van der Waals surface area contributed by atoms with Crippen molar-refractivity contribution in [1.29, 1.82) is 0 Å². The third-order valence-electron chi connectivity index (χ3n) is 3.86. The molecule has 1 aromatic rings. The minimum absolute atomic E-state index is 0. The molecule has 0 radical (unpaired) electrons. The Morgan fingerprint density at radius 1 is 0.958 bits per heavy atom. The van der Waals surface area contributed by atoms with Gasteiger partial charge in [0.2, 0.25) is 0 Å². The fourth-order valence-electron chi connectivity index (χ4n) is 2.79. The Morgan fingerprint density at radius 2 is 1.46 bits per heavy atom. The smallest absolute Gasteiger partial charge is 0.408 e. The van der Waals surface area contributed by atoms with Crippen molar-refractivity contribution in [3.8, 4) is 17.2 Å². The summed E-state index contributed by atoms with van der Waals surface area (Å²) in [4.78, 5) is 1.40. The molecule has 1 aromatic carbocycles. The summed E-state index contributed by atoms with van der Waals surface area (Å²) in [5.41, 5.74) is 0.0274. The molecule has 0 spiro atoms. The molecule has 1 heterocycles. The molecule has 1 aliphatic heterocycles. The maximum Gasteiger partial charge on any atom is 0.408 e. The number of nitrogens with one attached hydrogen (secondary N) is 1. The number of methoxy groups -OCH3 is 3. The van der Waals surface area contributed by atoms with Crippen molar-refractivity contribution in [3.05, 3.63) is 17.7 Å². The van der Waals surface area contributed by atoms with Crippen LogP contribution in [0.4, 0.5) is 13.2 Å². The van der Waals surface area contributed by atoms with Crippen molar-refractivity contribution >= 4 is 12.4 Å². The van der Waals surface area contributed by atoms with Crippen molar-refractivity contribution in [2.45, 2.75) is 12.2 Å². The lowest BCUT2D eigenvalue weighted by molar-refractivity contribution is -0.188. The molecule has 138 valence electrons. The highest BCUT2D eigenvalue weighted by molar-refractivity contribution is 5.85. The van der Waals surface area contributed by atoms with Gasteiger partial charge in [0.15, 0.2) is 11.5 Å². The molecule has 24 heavy (non-hydrogen) atoms. The van der Waals surface area contributed by atoms with Gasteiger partial charge in [0.25, 0.3) is 0 Å². The third kappa shape index (κ3) is 4.37. The number of alkyl halides is 3. The first kappa shape index (κ1) is 20.7. The van der Waals surface area contributed by atoms with Gasteiger partial charge >= 0.3 is 6.18 Å². The van der Waals surface area contributed by atoms with Gasteiger partial charge in [-0.15, -0.1) is 12.4 Å². The van der Waals surface area contributed by atoms with Crippen molar-refractivity contribution in [3.63, 3.8) is 0 Å². The first-order chi connectivity index (χ1) is 10.9. The van der Waals surface area contributed by atoms with Crippen molar-refractivity contribution in [2.75, 3.05) is 47.5 Å². The quantitative estimate of drug-likeness (QED) is 0.863. The number of nitrogens with zero attached hydrogens (tertiary/aromatic N) is 1. The molecule has 5 nitrogen and oxygen atoms in total. The minimum atomic E-state index is -4.43. The number of piperazine rings is 1. The summed E-state index contributed by atoms with van der Waals surface area (Å²) in [5, 5.41) is 3.06. The van der Waals surface area contributed by atoms with Gasteiger partial charge in [-0.3, -0.25) is 4.90 Å². The number of rotatable bonds is 5. The predicted molar refractivity (Wildman–Crippen MR) is 86.6 cm³/mol. The minimum Gasteiger partial charge on any atom is -0.496 e. The predicted octanol–water partition coefficient (Wildman–Crippen LogP) is 2.64. The van der Waals surface area contributed by atoms with E-state index < -0.39 is 12.2 Å². The summed E-state index contributed by atoms with van der Waals surface area (Å²) in [6.45, 7) is 1.65. The lowest BCUT2D eigenvalue weighted by Gasteiger charge is -2.36. The van der Waals surface area contributed by atoms with Crippen molar-refractivity contribution in [2.24, 2.45) is 0 Å². The average Bonchev–Trinajstić information content (AvgIpc) is 2.54. The lowest BCUT2D eigenvalue weighted by Crippen LogP contribution is -2.49. The Kier molecular flexibility index (Phi) is 7.44. The van der Waals surface area contributed by atoms with Crippen LogP contribution in [-0.4, -0.2) is 58.6 Å². The SMILES string of the molecule is COc1cc(OC)c([C@@H](N2CCNCC2)C(F)(F)F)cc1OC.Cl. The second kappa shape index (κ2) is 8.64. The van der Waals surface area contributed by atoms with Crippen LogP contribution in [0.15, 0.2) is 12.1 Å². The van der Waals surface area contributed by atoms with Crippen LogP contribution in [0.3, 0.4) is 0 Å². The zero-order valence-corrected chi connectivity index (χ0v) is 14.6. The summed E-state index contributed by atoms with van der Waals surface area (Å²) < 4.78 is 56.7. The molecule has 0 bridgehead atoms. The molecule has 0 aromatic heterocycles. The third-order valence-corrected chi connectivity index (χ3v) is 3.86. The molecule has 2 rings (SSSR count). The monoisotopic (exact) mass is 370 g/mol. The highest BCUT2D eigenvalue weighted by Gasteiger charge is 2.46. The molecule has 0 saturated carbocycles. The van der Waals surface area contributed by atoms with Crippen LogP contribution in [0.5, 0.6) is 17.2 Å². The van der Waals surface area contributed by atoms with E-state index in [9.17, 15) is 13.2 Å². The van der Waals surface area contributed by atoms with E-state index in [0.29, 0.717) is 31.9 Å². The van der Waals surface area contributed by atoms with Gasteiger partial charge in [0.05, 0.1) is 21.3 Å². The molecular formula is C15H22ClF3N2O3. The van der Waals surface area contributed by atoms with E-state index in [-0.39, 0.29) is 29.5 Å². The number of halogens is 4. The Labute approximate surface area is 145 Å². The summed E-state index contributed by atoms with van der Waals surface area (Å²) >= 11 is 0. The second-order valence-electron chi connectivity index (χ2n) is 5.18. The Hall–Kier alpha value is -1.38. The fourth-order valence-corrected chi connectivity index (χ4v) is 2.79. The first-order valence-electron chi connectivity index (χ1n) is 7.23. The summed E-state index contributed by atoms with van der Waals surface area (Å²) in [6.07, 6.45) is -4.43. The van der Waals surface area contributed by atoms with Crippen molar-refractivity contribution < 1.29 is 27.4 Å². The summed E-state index contributed by atoms with van der Waals surface area (Å²) in [5.74, 6) is 0.700. The summed E-state index contributed by atoms with van der Waals surface area (Å²) in [7, 11) is 4.16. The molecule has 0 aliphatic carbocycles. The van der Waals surface area contributed by atoms with E-state index in [1.165, 1.54) is 38.4 Å². The van der Waals surface area contributed by atoms with E-state index in [4.69, 9.17) is 14.2 Å². The van der Waals surface area contributed by atoms with E-state index in [2.05, 4.69) is 5.32 Å². The van der Waals surface area contributed by atoms with Gasteiger partial charge in [0.1, 0.15) is 11.8 Å². The largest absolute Gasteiger partial charge is 0.496 e. The zero-order chi connectivity index (χ0) is 17.0.